The number of nitrogens with one attached hydrogen (secondary N) is 2. The zero-order chi connectivity index (χ0) is 16.7. The monoisotopic (exact) mass is 316 g/mol. The Kier molecular flexibility index (Phi) is 6.32. The van der Waals surface area contributed by atoms with Gasteiger partial charge in [0, 0.05) is 19.2 Å². The van der Waals surface area contributed by atoms with E-state index in [9.17, 15) is 4.39 Å². The zero-order valence-corrected chi connectivity index (χ0v) is 14.1. The fraction of sp³-hybridized carbons (Fsp3) is 0.444. The van der Waals surface area contributed by atoms with Crippen LogP contribution >= 0.6 is 0 Å². The number of rotatable bonds is 8. The SMILES string of the molecule is Cc1nc(NCCc2ccccc2F)cc(NCCC(C)C)n1. The number of hydrogen-bond acceptors (Lipinski definition) is 4. The minimum atomic E-state index is -0.163. The number of anilines is 2. The van der Waals surface area contributed by atoms with Gasteiger partial charge in [0.1, 0.15) is 23.3 Å². The molecule has 0 saturated carbocycles. The Hall–Kier alpha value is -2.17. The predicted octanol–water partition coefficient (Wildman–Crippen LogP) is 4.04. The molecule has 1 heterocycles. The van der Waals surface area contributed by atoms with Gasteiger partial charge in [0.15, 0.2) is 0 Å². The van der Waals surface area contributed by atoms with Crippen molar-refractivity contribution in [1.29, 1.82) is 0 Å². The van der Waals surface area contributed by atoms with Gasteiger partial charge >= 0.3 is 0 Å². The Bertz CT molecular complexity index is 628. The molecule has 1 aromatic heterocycles. The Morgan fingerprint density at radius 3 is 2.35 bits per heavy atom. The van der Waals surface area contributed by atoms with Crippen molar-refractivity contribution in [2.45, 2.75) is 33.6 Å². The molecule has 0 atom stereocenters. The lowest BCUT2D eigenvalue weighted by atomic mass is 10.1. The maximum absolute atomic E-state index is 13.6. The van der Waals surface area contributed by atoms with Crippen LogP contribution in [-0.2, 0) is 6.42 Å². The molecule has 5 heteroatoms. The molecule has 0 aliphatic rings. The van der Waals surface area contributed by atoms with E-state index in [1.165, 1.54) is 6.07 Å². The normalized spacial score (nSPS) is 10.8. The standard InChI is InChI=1S/C18H25FN4/c1-13(2)8-10-20-17-12-18(23-14(3)22-17)21-11-9-15-6-4-5-7-16(15)19/h4-7,12-13H,8-11H2,1-3H3,(H2,20,21,22,23). The number of hydrogen-bond donors (Lipinski definition) is 2. The molecule has 1 aromatic carbocycles. The quantitative estimate of drug-likeness (QED) is 0.772. The van der Waals surface area contributed by atoms with Gasteiger partial charge in [0.2, 0.25) is 0 Å². The van der Waals surface area contributed by atoms with Crippen LogP contribution in [0.1, 0.15) is 31.7 Å². The molecule has 0 aliphatic carbocycles. The lowest BCUT2D eigenvalue weighted by Crippen LogP contribution is -2.11. The minimum absolute atomic E-state index is 0.163. The van der Waals surface area contributed by atoms with E-state index in [0.717, 1.165) is 24.6 Å². The van der Waals surface area contributed by atoms with Crippen molar-refractivity contribution in [3.8, 4) is 0 Å². The van der Waals surface area contributed by atoms with Gasteiger partial charge in [0.05, 0.1) is 0 Å². The summed E-state index contributed by atoms with van der Waals surface area (Å²) in [7, 11) is 0. The van der Waals surface area contributed by atoms with Crippen molar-refractivity contribution in [2.24, 2.45) is 5.92 Å². The molecule has 124 valence electrons. The predicted molar refractivity (Wildman–Crippen MR) is 93.3 cm³/mol. The maximum Gasteiger partial charge on any atom is 0.131 e. The van der Waals surface area contributed by atoms with Crippen LogP contribution in [0, 0.1) is 18.7 Å². The summed E-state index contributed by atoms with van der Waals surface area (Å²) in [5.41, 5.74) is 0.709. The van der Waals surface area contributed by atoms with Crippen LogP contribution in [0.4, 0.5) is 16.0 Å². The van der Waals surface area contributed by atoms with E-state index >= 15 is 0 Å². The first-order valence-electron chi connectivity index (χ1n) is 8.11. The van der Waals surface area contributed by atoms with Gasteiger partial charge in [0.25, 0.3) is 0 Å². The smallest absolute Gasteiger partial charge is 0.131 e. The third-order valence-corrected chi connectivity index (χ3v) is 3.52. The van der Waals surface area contributed by atoms with E-state index < -0.39 is 0 Å². The molecule has 23 heavy (non-hydrogen) atoms. The summed E-state index contributed by atoms with van der Waals surface area (Å²) in [6.07, 6.45) is 1.71. The topological polar surface area (TPSA) is 49.8 Å². The van der Waals surface area contributed by atoms with Gasteiger partial charge in [-0.15, -0.1) is 0 Å². The highest BCUT2D eigenvalue weighted by Gasteiger charge is 2.04. The molecule has 2 N–H and O–H groups in total. The molecular weight excluding hydrogens is 291 g/mol. The van der Waals surface area contributed by atoms with E-state index in [1.54, 1.807) is 12.1 Å². The third-order valence-electron chi connectivity index (χ3n) is 3.52. The lowest BCUT2D eigenvalue weighted by molar-refractivity contribution is 0.606. The Balaban J connectivity index is 1.89. The van der Waals surface area contributed by atoms with Crippen molar-refractivity contribution in [3.05, 3.63) is 47.5 Å². The average Bonchev–Trinajstić information content (AvgIpc) is 2.48. The fourth-order valence-corrected chi connectivity index (χ4v) is 2.26. The summed E-state index contributed by atoms with van der Waals surface area (Å²) < 4.78 is 13.6. The Morgan fingerprint density at radius 2 is 1.70 bits per heavy atom. The maximum atomic E-state index is 13.6. The first kappa shape index (κ1) is 17.2. The summed E-state index contributed by atoms with van der Waals surface area (Å²) in [6.45, 7) is 7.78. The zero-order valence-electron chi connectivity index (χ0n) is 14.1. The van der Waals surface area contributed by atoms with Gasteiger partial charge in [-0.1, -0.05) is 32.0 Å². The molecular formula is C18H25FN4. The molecule has 0 saturated heterocycles. The highest BCUT2D eigenvalue weighted by molar-refractivity contribution is 5.47. The van der Waals surface area contributed by atoms with Crippen LogP contribution in [-0.4, -0.2) is 23.1 Å². The third kappa shape index (κ3) is 5.85. The van der Waals surface area contributed by atoms with E-state index in [1.807, 2.05) is 19.1 Å². The van der Waals surface area contributed by atoms with Crippen LogP contribution in [0.25, 0.3) is 0 Å². The van der Waals surface area contributed by atoms with Crippen molar-refractivity contribution in [2.75, 3.05) is 23.7 Å². The number of aryl methyl sites for hydroxylation is 1. The molecule has 2 rings (SSSR count). The van der Waals surface area contributed by atoms with Crippen molar-refractivity contribution in [1.82, 2.24) is 9.97 Å². The molecule has 0 fully saturated rings. The highest BCUT2D eigenvalue weighted by atomic mass is 19.1. The van der Waals surface area contributed by atoms with E-state index in [4.69, 9.17) is 0 Å². The number of aromatic nitrogens is 2. The van der Waals surface area contributed by atoms with Crippen molar-refractivity contribution in [3.63, 3.8) is 0 Å². The summed E-state index contributed by atoms with van der Waals surface area (Å²) >= 11 is 0. The summed E-state index contributed by atoms with van der Waals surface area (Å²) in [5, 5.41) is 6.57. The van der Waals surface area contributed by atoms with Crippen LogP contribution in [0.15, 0.2) is 30.3 Å². The molecule has 0 spiro atoms. The second kappa shape index (κ2) is 8.46. The van der Waals surface area contributed by atoms with Crippen LogP contribution < -0.4 is 10.6 Å². The average molecular weight is 316 g/mol. The number of benzene rings is 1. The molecule has 0 radical (unpaired) electrons. The Labute approximate surface area is 137 Å². The molecule has 0 unspecified atom stereocenters. The first-order chi connectivity index (χ1) is 11.0. The summed E-state index contributed by atoms with van der Waals surface area (Å²) in [4.78, 5) is 8.76. The molecule has 2 aromatic rings. The van der Waals surface area contributed by atoms with Gasteiger partial charge in [-0.3, -0.25) is 0 Å². The number of nitrogens with zero attached hydrogens (tertiary/aromatic N) is 2. The first-order valence-corrected chi connectivity index (χ1v) is 8.11. The van der Waals surface area contributed by atoms with Crippen molar-refractivity contribution >= 4 is 11.6 Å². The second-order valence-electron chi connectivity index (χ2n) is 6.06. The van der Waals surface area contributed by atoms with Gasteiger partial charge in [-0.2, -0.15) is 0 Å². The lowest BCUT2D eigenvalue weighted by Gasteiger charge is -2.11. The highest BCUT2D eigenvalue weighted by Crippen LogP contribution is 2.13. The van der Waals surface area contributed by atoms with Crippen LogP contribution in [0.3, 0.4) is 0 Å². The molecule has 0 aliphatic heterocycles. The van der Waals surface area contributed by atoms with E-state index in [0.29, 0.717) is 30.3 Å². The molecule has 4 nitrogen and oxygen atoms in total. The van der Waals surface area contributed by atoms with E-state index in [-0.39, 0.29) is 5.82 Å². The molecule has 0 bridgehead atoms. The van der Waals surface area contributed by atoms with Crippen LogP contribution in [0.5, 0.6) is 0 Å². The van der Waals surface area contributed by atoms with Gasteiger partial charge in [-0.05, 0) is 37.3 Å². The summed E-state index contributed by atoms with van der Waals surface area (Å²) in [5.74, 6) is 2.80. The van der Waals surface area contributed by atoms with Crippen LogP contribution in [0.2, 0.25) is 0 Å². The number of halogens is 1. The van der Waals surface area contributed by atoms with E-state index in [2.05, 4.69) is 34.4 Å². The largest absolute Gasteiger partial charge is 0.370 e. The van der Waals surface area contributed by atoms with Gasteiger partial charge in [-0.25, -0.2) is 14.4 Å². The molecule has 0 amide bonds. The van der Waals surface area contributed by atoms with Gasteiger partial charge < -0.3 is 10.6 Å². The summed E-state index contributed by atoms with van der Waals surface area (Å²) in [6, 6.07) is 8.75. The van der Waals surface area contributed by atoms with Crippen molar-refractivity contribution < 1.29 is 4.39 Å². The Morgan fingerprint density at radius 1 is 1.04 bits per heavy atom. The second-order valence-corrected chi connectivity index (χ2v) is 6.06. The fourth-order valence-electron chi connectivity index (χ4n) is 2.26. The minimum Gasteiger partial charge on any atom is -0.370 e.